The maximum absolute atomic E-state index is 11.9. The lowest BCUT2D eigenvalue weighted by atomic mass is 9.83. The van der Waals surface area contributed by atoms with Crippen LogP contribution in [0.5, 0.6) is 0 Å². The predicted molar refractivity (Wildman–Crippen MR) is 61.4 cm³/mol. The van der Waals surface area contributed by atoms with Gasteiger partial charge in [0.05, 0.1) is 25.4 Å². The molecular weight excluding hydrogens is 263 g/mol. The van der Waals surface area contributed by atoms with Gasteiger partial charge in [0.15, 0.2) is 0 Å². The van der Waals surface area contributed by atoms with E-state index in [-0.39, 0.29) is 18.1 Å². The van der Waals surface area contributed by atoms with Gasteiger partial charge in [0, 0.05) is 12.6 Å². The Hall–Kier alpha value is -0.370. The Balaban J connectivity index is 1.49. The van der Waals surface area contributed by atoms with Crippen LogP contribution in [-0.2, 0) is 14.2 Å². The number of hydrogen-bond donors (Lipinski definition) is 1. The first-order valence-corrected chi connectivity index (χ1v) is 6.62. The molecule has 0 amide bonds. The maximum Gasteiger partial charge on any atom is 0.522 e. The molecule has 1 saturated carbocycles. The van der Waals surface area contributed by atoms with E-state index in [1.807, 2.05) is 0 Å². The lowest BCUT2D eigenvalue weighted by molar-refractivity contribution is -0.355. The first-order valence-electron chi connectivity index (χ1n) is 6.62. The van der Waals surface area contributed by atoms with Crippen LogP contribution in [0.3, 0.4) is 0 Å². The Kier molecular flexibility index (Phi) is 5.05. The van der Waals surface area contributed by atoms with Crippen molar-refractivity contribution in [3.63, 3.8) is 0 Å². The van der Waals surface area contributed by atoms with Crippen molar-refractivity contribution < 1.29 is 27.4 Å². The van der Waals surface area contributed by atoms with E-state index in [0.29, 0.717) is 32.7 Å². The van der Waals surface area contributed by atoms with Gasteiger partial charge in [-0.05, 0) is 31.6 Å². The summed E-state index contributed by atoms with van der Waals surface area (Å²) in [6.07, 6.45) is -2.51. The van der Waals surface area contributed by atoms with Gasteiger partial charge in [0.1, 0.15) is 0 Å². The van der Waals surface area contributed by atoms with Gasteiger partial charge >= 0.3 is 6.36 Å². The highest BCUT2D eigenvalue weighted by Crippen LogP contribution is 2.34. The molecule has 0 radical (unpaired) electrons. The Morgan fingerprint density at radius 1 is 1.16 bits per heavy atom. The van der Waals surface area contributed by atoms with Crippen molar-refractivity contribution in [3.05, 3.63) is 0 Å². The van der Waals surface area contributed by atoms with Crippen LogP contribution < -0.4 is 5.73 Å². The van der Waals surface area contributed by atoms with E-state index < -0.39 is 12.5 Å². The van der Waals surface area contributed by atoms with Gasteiger partial charge in [0.2, 0.25) is 0 Å². The van der Waals surface area contributed by atoms with Crippen molar-refractivity contribution in [2.45, 2.75) is 50.3 Å². The largest absolute Gasteiger partial charge is 0.522 e. The van der Waals surface area contributed by atoms with Crippen LogP contribution >= 0.6 is 0 Å². The van der Waals surface area contributed by atoms with E-state index >= 15 is 0 Å². The molecule has 1 heterocycles. The fourth-order valence-electron chi connectivity index (χ4n) is 2.42. The molecule has 2 aliphatic rings. The molecule has 0 spiro atoms. The molecule has 1 aliphatic carbocycles. The van der Waals surface area contributed by atoms with Gasteiger partial charge in [-0.1, -0.05) is 0 Å². The summed E-state index contributed by atoms with van der Waals surface area (Å²) in [5, 5.41) is 0. The maximum atomic E-state index is 11.9. The van der Waals surface area contributed by atoms with Crippen molar-refractivity contribution in [2.75, 3.05) is 19.8 Å². The van der Waals surface area contributed by atoms with Gasteiger partial charge in [-0.25, -0.2) is 0 Å². The number of rotatable bonds is 5. The van der Waals surface area contributed by atoms with E-state index in [1.54, 1.807) is 0 Å². The first kappa shape index (κ1) is 15.0. The fourth-order valence-corrected chi connectivity index (χ4v) is 2.42. The molecular formula is C12H20F3NO3. The Morgan fingerprint density at radius 2 is 1.89 bits per heavy atom. The lowest BCUT2D eigenvalue weighted by Gasteiger charge is -2.35. The monoisotopic (exact) mass is 283 g/mol. The summed E-state index contributed by atoms with van der Waals surface area (Å²) in [7, 11) is 0. The smallest absolute Gasteiger partial charge is 0.378 e. The Morgan fingerprint density at radius 3 is 2.47 bits per heavy atom. The van der Waals surface area contributed by atoms with Crippen LogP contribution in [0, 0.1) is 5.92 Å². The third-order valence-electron chi connectivity index (χ3n) is 3.56. The lowest BCUT2D eigenvalue weighted by Crippen LogP contribution is -2.39. The minimum atomic E-state index is -4.52. The third-order valence-corrected chi connectivity index (χ3v) is 3.56. The number of hydrogen-bond acceptors (Lipinski definition) is 4. The van der Waals surface area contributed by atoms with Gasteiger partial charge in [-0.2, -0.15) is 0 Å². The van der Waals surface area contributed by atoms with Crippen molar-refractivity contribution >= 4 is 0 Å². The van der Waals surface area contributed by atoms with Gasteiger partial charge in [-0.15, -0.1) is 13.2 Å². The third kappa shape index (κ3) is 5.25. The SMILES string of the molecule is N[C@@H]1CC[C@@H](COCC2CC(OC(F)(F)F)C2)OC1. The quantitative estimate of drug-likeness (QED) is 0.836. The second-order valence-corrected chi connectivity index (χ2v) is 5.35. The van der Waals surface area contributed by atoms with E-state index in [0.717, 1.165) is 12.8 Å². The van der Waals surface area contributed by atoms with Crippen LogP contribution in [0.25, 0.3) is 0 Å². The topological polar surface area (TPSA) is 53.7 Å². The average Bonchev–Trinajstić information content (AvgIpc) is 2.26. The predicted octanol–water partition coefficient (Wildman–Crippen LogP) is 1.82. The molecule has 0 bridgehead atoms. The molecule has 2 atom stereocenters. The van der Waals surface area contributed by atoms with E-state index in [9.17, 15) is 13.2 Å². The summed E-state index contributed by atoms with van der Waals surface area (Å²) >= 11 is 0. The molecule has 1 aliphatic heterocycles. The van der Waals surface area contributed by atoms with Crippen LogP contribution in [0.15, 0.2) is 0 Å². The van der Waals surface area contributed by atoms with Gasteiger partial charge < -0.3 is 15.2 Å². The molecule has 0 aromatic heterocycles. The molecule has 4 nitrogen and oxygen atoms in total. The highest BCUT2D eigenvalue weighted by molar-refractivity contribution is 4.80. The molecule has 0 aromatic carbocycles. The number of alkyl halides is 3. The normalized spacial score (nSPS) is 36.0. The molecule has 2 fully saturated rings. The zero-order chi connectivity index (χ0) is 13.9. The molecule has 0 unspecified atom stereocenters. The van der Waals surface area contributed by atoms with Gasteiger partial charge in [0.25, 0.3) is 0 Å². The van der Waals surface area contributed by atoms with Gasteiger partial charge in [-0.3, -0.25) is 4.74 Å². The van der Waals surface area contributed by atoms with Crippen molar-refractivity contribution in [1.29, 1.82) is 0 Å². The fraction of sp³-hybridized carbons (Fsp3) is 1.00. The average molecular weight is 283 g/mol. The second-order valence-electron chi connectivity index (χ2n) is 5.35. The standard InChI is InChI=1S/C12H20F3NO3/c13-12(14,15)19-11-3-8(4-11)5-17-7-10-2-1-9(16)6-18-10/h8-11H,1-7,16H2/t8?,9-,10+,11?/m1/s1. The molecule has 2 N–H and O–H groups in total. The van der Waals surface area contributed by atoms with Crippen LogP contribution in [-0.4, -0.2) is 44.4 Å². The number of ether oxygens (including phenoxy) is 3. The second kappa shape index (κ2) is 6.39. The summed E-state index contributed by atoms with van der Waals surface area (Å²) in [5.41, 5.74) is 5.70. The summed E-state index contributed by atoms with van der Waals surface area (Å²) in [4.78, 5) is 0. The molecule has 2 rings (SSSR count). The zero-order valence-corrected chi connectivity index (χ0v) is 10.7. The summed E-state index contributed by atoms with van der Waals surface area (Å²) in [5.74, 6) is 0.165. The van der Waals surface area contributed by atoms with Crippen molar-refractivity contribution in [3.8, 4) is 0 Å². The van der Waals surface area contributed by atoms with E-state index in [4.69, 9.17) is 15.2 Å². The van der Waals surface area contributed by atoms with Crippen molar-refractivity contribution in [2.24, 2.45) is 11.7 Å². The number of nitrogens with two attached hydrogens (primary N) is 1. The zero-order valence-electron chi connectivity index (χ0n) is 10.7. The Bertz CT molecular complexity index is 274. The minimum absolute atomic E-state index is 0.0714. The van der Waals surface area contributed by atoms with Crippen LogP contribution in [0.2, 0.25) is 0 Å². The highest BCUT2D eigenvalue weighted by Gasteiger charge is 2.40. The Labute approximate surface area is 110 Å². The molecule has 19 heavy (non-hydrogen) atoms. The van der Waals surface area contributed by atoms with E-state index in [1.165, 1.54) is 0 Å². The molecule has 0 aromatic rings. The summed E-state index contributed by atoms with van der Waals surface area (Å²) < 4.78 is 50.6. The molecule has 7 heteroatoms. The van der Waals surface area contributed by atoms with Crippen LogP contribution in [0.4, 0.5) is 13.2 Å². The van der Waals surface area contributed by atoms with Crippen molar-refractivity contribution in [1.82, 2.24) is 0 Å². The summed E-state index contributed by atoms with van der Waals surface area (Å²) in [6.45, 7) is 1.52. The number of halogens is 3. The first-order chi connectivity index (χ1) is 8.92. The summed E-state index contributed by atoms with van der Waals surface area (Å²) in [6, 6.07) is 0.114. The van der Waals surface area contributed by atoms with E-state index in [2.05, 4.69) is 4.74 Å². The van der Waals surface area contributed by atoms with Crippen LogP contribution in [0.1, 0.15) is 25.7 Å². The highest BCUT2D eigenvalue weighted by atomic mass is 19.4. The molecule has 1 saturated heterocycles. The minimum Gasteiger partial charge on any atom is -0.378 e. The molecule has 112 valence electrons.